The van der Waals surface area contributed by atoms with E-state index in [0.717, 1.165) is 37.0 Å². The highest BCUT2D eigenvalue weighted by Gasteiger charge is 2.39. The van der Waals surface area contributed by atoms with E-state index in [4.69, 9.17) is 14.3 Å². The van der Waals surface area contributed by atoms with E-state index >= 15 is 0 Å². The molecule has 0 bridgehead atoms. The summed E-state index contributed by atoms with van der Waals surface area (Å²) in [5.74, 6) is -0.391. The topological polar surface area (TPSA) is 83.2 Å². The zero-order chi connectivity index (χ0) is 15.4. The molecule has 2 aliphatic rings. The van der Waals surface area contributed by atoms with Gasteiger partial charge in [0.1, 0.15) is 6.61 Å². The molecule has 0 amide bonds. The standard InChI is InChI=1S/C15H18N2O5/c18-17(19)14-3-1-12(2-4-14)11-22-16-13-5-7-15(8-6-13)20-9-10-21-15/h1-4H,5-11H2. The van der Waals surface area contributed by atoms with E-state index < -0.39 is 10.7 Å². The number of hydrogen-bond donors (Lipinski definition) is 0. The normalized spacial score (nSPS) is 20.1. The molecule has 3 rings (SSSR count). The Morgan fingerprint density at radius 2 is 1.82 bits per heavy atom. The summed E-state index contributed by atoms with van der Waals surface area (Å²) in [6.07, 6.45) is 3.24. The summed E-state index contributed by atoms with van der Waals surface area (Å²) in [7, 11) is 0. The maximum absolute atomic E-state index is 10.6. The molecule has 0 unspecified atom stereocenters. The summed E-state index contributed by atoms with van der Waals surface area (Å²) in [6.45, 7) is 1.64. The maximum atomic E-state index is 10.6. The molecule has 1 aliphatic carbocycles. The van der Waals surface area contributed by atoms with Crippen molar-refractivity contribution in [3.63, 3.8) is 0 Å². The van der Waals surface area contributed by atoms with Crippen LogP contribution in [0.1, 0.15) is 31.2 Å². The highest BCUT2D eigenvalue weighted by molar-refractivity contribution is 5.84. The second-order valence-electron chi connectivity index (χ2n) is 5.46. The number of nitro benzene ring substituents is 1. The third kappa shape index (κ3) is 3.42. The van der Waals surface area contributed by atoms with E-state index in [-0.39, 0.29) is 5.69 Å². The Bertz CT molecular complexity index is 552. The van der Waals surface area contributed by atoms with Crippen molar-refractivity contribution in [2.45, 2.75) is 38.1 Å². The van der Waals surface area contributed by atoms with Gasteiger partial charge < -0.3 is 14.3 Å². The third-order valence-electron chi connectivity index (χ3n) is 3.97. The summed E-state index contributed by atoms with van der Waals surface area (Å²) in [5, 5.41) is 14.7. The first-order valence-corrected chi connectivity index (χ1v) is 7.36. The van der Waals surface area contributed by atoms with Gasteiger partial charge in [0.2, 0.25) is 0 Å². The van der Waals surface area contributed by atoms with Gasteiger partial charge >= 0.3 is 0 Å². The molecule has 1 saturated carbocycles. The monoisotopic (exact) mass is 306 g/mol. The molecule has 1 spiro atoms. The lowest BCUT2D eigenvalue weighted by Gasteiger charge is -2.31. The van der Waals surface area contributed by atoms with Gasteiger partial charge in [0.25, 0.3) is 5.69 Å². The van der Waals surface area contributed by atoms with Crippen molar-refractivity contribution in [2.24, 2.45) is 5.16 Å². The average molecular weight is 306 g/mol. The Morgan fingerprint density at radius 1 is 1.18 bits per heavy atom. The van der Waals surface area contributed by atoms with Crippen LogP contribution in [0.4, 0.5) is 5.69 Å². The van der Waals surface area contributed by atoms with Gasteiger partial charge in [-0.05, 0) is 30.5 Å². The Morgan fingerprint density at radius 3 is 2.41 bits per heavy atom. The zero-order valence-electron chi connectivity index (χ0n) is 12.2. The van der Waals surface area contributed by atoms with Crippen LogP contribution in [0.3, 0.4) is 0 Å². The lowest BCUT2D eigenvalue weighted by Crippen LogP contribution is -2.35. The number of oxime groups is 1. The summed E-state index contributed by atoms with van der Waals surface area (Å²) >= 11 is 0. The lowest BCUT2D eigenvalue weighted by molar-refractivity contribution is -0.384. The SMILES string of the molecule is O=[N+]([O-])c1ccc(CON=C2CCC3(CC2)OCCO3)cc1. The number of rotatable bonds is 4. The molecule has 22 heavy (non-hydrogen) atoms. The minimum Gasteiger partial charge on any atom is -0.391 e. The number of nitrogens with zero attached hydrogens (tertiary/aromatic N) is 2. The first kappa shape index (κ1) is 14.9. The van der Waals surface area contributed by atoms with Crippen molar-refractivity contribution in [1.82, 2.24) is 0 Å². The van der Waals surface area contributed by atoms with Gasteiger partial charge in [-0.3, -0.25) is 10.1 Å². The van der Waals surface area contributed by atoms with E-state index in [0.29, 0.717) is 19.8 Å². The van der Waals surface area contributed by atoms with E-state index in [1.54, 1.807) is 12.1 Å². The predicted molar refractivity (Wildman–Crippen MR) is 78.4 cm³/mol. The second-order valence-corrected chi connectivity index (χ2v) is 5.46. The number of ether oxygens (including phenoxy) is 2. The van der Waals surface area contributed by atoms with E-state index in [1.807, 2.05) is 0 Å². The van der Waals surface area contributed by atoms with Crippen LogP contribution in [0, 0.1) is 10.1 Å². The van der Waals surface area contributed by atoms with Gasteiger partial charge in [0, 0.05) is 25.0 Å². The van der Waals surface area contributed by atoms with Crippen LogP contribution in [0.2, 0.25) is 0 Å². The summed E-state index contributed by atoms with van der Waals surface area (Å²) in [4.78, 5) is 15.5. The van der Waals surface area contributed by atoms with Crippen LogP contribution in [0.15, 0.2) is 29.4 Å². The second kappa shape index (κ2) is 6.41. The smallest absolute Gasteiger partial charge is 0.269 e. The van der Waals surface area contributed by atoms with Crippen molar-refractivity contribution in [2.75, 3.05) is 13.2 Å². The molecule has 0 atom stereocenters. The first-order chi connectivity index (χ1) is 10.7. The fraction of sp³-hybridized carbons (Fsp3) is 0.533. The molecule has 1 aliphatic heterocycles. The largest absolute Gasteiger partial charge is 0.391 e. The molecule has 1 aromatic rings. The Kier molecular flexibility index (Phi) is 4.35. The highest BCUT2D eigenvalue weighted by atomic mass is 16.7. The molecule has 118 valence electrons. The molecule has 0 N–H and O–H groups in total. The number of nitro groups is 1. The third-order valence-corrected chi connectivity index (χ3v) is 3.97. The van der Waals surface area contributed by atoms with Crippen molar-refractivity contribution in [3.05, 3.63) is 39.9 Å². The van der Waals surface area contributed by atoms with Gasteiger partial charge in [0.15, 0.2) is 5.79 Å². The van der Waals surface area contributed by atoms with Crippen LogP contribution in [0.5, 0.6) is 0 Å². The first-order valence-electron chi connectivity index (χ1n) is 7.36. The fourth-order valence-corrected chi connectivity index (χ4v) is 2.71. The van der Waals surface area contributed by atoms with Crippen molar-refractivity contribution in [3.8, 4) is 0 Å². The van der Waals surface area contributed by atoms with Gasteiger partial charge in [-0.2, -0.15) is 0 Å². The van der Waals surface area contributed by atoms with Crippen LogP contribution >= 0.6 is 0 Å². The molecular weight excluding hydrogens is 288 g/mol. The molecule has 7 heteroatoms. The van der Waals surface area contributed by atoms with Gasteiger partial charge in [-0.1, -0.05) is 5.16 Å². The Hall–Kier alpha value is -1.99. The minimum atomic E-state index is -0.421. The molecular formula is C15H18N2O5. The molecule has 0 radical (unpaired) electrons. The van der Waals surface area contributed by atoms with E-state index in [2.05, 4.69) is 5.16 Å². The summed E-state index contributed by atoms with van der Waals surface area (Å²) < 4.78 is 11.3. The Balaban J connectivity index is 1.47. The molecule has 2 fully saturated rings. The van der Waals surface area contributed by atoms with E-state index in [9.17, 15) is 10.1 Å². The molecule has 1 heterocycles. The summed E-state index contributed by atoms with van der Waals surface area (Å²) in [6, 6.07) is 6.28. The molecule has 7 nitrogen and oxygen atoms in total. The van der Waals surface area contributed by atoms with E-state index in [1.165, 1.54) is 12.1 Å². The van der Waals surface area contributed by atoms with Crippen LogP contribution in [-0.4, -0.2) is 29.6 Å². The number of benzene rings is 1. The molecule has 1 saturated heterocycles. The van der Waals surface area contributed by atoms with Gasteiger partial charge in [0.05, 0.1) is 23.8 Å². The predicted octanol–water partition coefficient (Wildman–Crippen LogP) is 2.78. The minimum absolute atomic E-state index is 0.0733. The van der Waals surface area contributed by atoms with Gasteiger partial charge in [-0.25, -0.2) is 0 Å². The highest BCUT2D eigenvalue weighted by Crippen LogP contribution is 2.34. The van der Waals surface area contributed by atoms with Crippen molar-refractivity contribution >= 4 is 11.4 Å². The Labute approximate surface area is 128 Å². The molecule has 0 aromatic heterocycles. The van der Waals surface area contributed by atoms with Crippen molar-refractivity contribution < 1.29 is 19.2 Å². The zero-order valence-corrected chi connectivity index (χ0v) is 12.2. The maximum Gasteiger partial charge on any atom is 0.269 e. The van der Waals surface area contributed by atoms with Gasteiger partial charge in [-0.15, -0.1) is 0 Å². The van der Waals surface area contributed by atoms with Crippen LogP contribution in [0.25, 0.3) is 0 Å². The number of non-ortho nitro benzene ring substituents is 1. The van der Waals surface area contributed by atoms with Crippen LogP contribution in [-0.2, 0) is 20.9 Å². The van der Waals surface area contributed by atoms with Crippen LogP contribution < -0.4 is 0 Å². The number of hydrogen-bond acceptors (Lipinski definition) is 6. The van der Waals surface area contributed by atoms with Crippen molar-refractivity contribution in [1.29, 1.82) is 0 Å². The quantitative estimate of drug-likeness (QED) is 0.631. The fourth-order valence-electron chi connectivity index (χ4n) is 2.71. The average Bonchev–Trinajstić information content (AvgIpc) is 2.98. The molecule has 1 aromatic carbocycles. The lowest BCUT2D eigenvalue weighted by atomic mass is 9.92. The summed E-state index contributed by atoms with van der Waals surface area (Å²) in [5.41, 5.74) is 1.93.